The van der Waals surface area contributed by atoms with Crippen LogP contribution in [0.2, 0.25) is 0 Å². The summed E-state index contributed by atoms with van der Waals surface area (Å²) in [5.41, 5.74) is -2.05. The maximum atomic E-state index is 14.6. The Hall–Kier alpha value is -2.27. The highest BCUT2D eigenvalue weighted by Crippen LogP contribution is 2.63. The molecule has 41 heavy (non-hydrogen) atoms. The SMILES string of the molecule is C=CCCCOC(=O)[C@@H]1[C@H]2C(=O)N([C@@H](CO)CC(C)C)C(C(=O)N(CC=C)CCN3CCOCC3)C23CC[C@@]1(C)O3. The topological polar surface area (TPSA) is 109 Å². The van der Waals surface area contributed by atoms with Crippen LogP contribution in [0, 0.1) is 17.8 Å². The van der Waals surface area contributed by atoms with Crippen LogP contribution in [0.3, 0.4) is 0 Å². The van der Waals surface area contributed by atoms with Crippen LogP contribution in [0.1, 0.15) is 52.9 Å². The standard InChI is InChI=1S/C31H49N3O7/c1-6-8-9-17-40-29(38)25-24-27(36)34(23(21-35)20-22(3)4)26(31(24)11-10-30(25,5)41-31)28(37)33(12-7-2)14-13-32-15-18-39-19-16-32/h6-7,22-26,35H,1-2,8-21H2,3-5H3/t23-,24+,25+,26?,30-,31?/m1/s1. The first kappa shape index (κ1) is 31.7. The van der Waals surface area contributed by atoms with Gasteiger partial charge in [-0.15, -0.1) is 13.2 Å². The number of allylic oxidation sites excluding steroid dienone is 1. The Labute approximate surface area is 244 Å². The predicted octanol–water partition coefficient (Wildman–Crippen LogP) is 2.01. The van der Waals surface area contributed by atoms with Crippen molar-refractivity contribution in [3.63, 3.8) is 0 Å². The largest absolute Gasteiger partial charge is 0.465 e. The summed E-state index contributed by atoms with van der Waals surface area (Å²) in [6.07, 6.45) is 6.40. The van der Waals surface area contributed by atoms with Crippen molar-refractivity contribution < 1.29 is 33.7 Å². The Balaban J connectivity index is 1.67. The van der Waals surface area contributed by atoms with E-state index in [2.05, 4.69) is 18.1 Å². The normalized spacial score (nSPS) is 31.8. The zero-order chi connectivity index (χ0) is 29.8. The first-order valence-electron chi connectivity index (χ1n) is 15.2. The van der Waals surface area contributed by atoms with Crippen LogP contribution in [0.5, 0.6) is 0 Å². The Bertz CT molecular complexity index is 983. The first-order chi connectivity index (χ1) is 19.6. The molecule has 4 rings (SSSR count). The van der Waals surface area contributed by atoms with Crippen molar-refractivity contribution in [1.82, 2.24) is 14.7 Å². The minimum atomic E-state index is -1.16. The number of esters is 1. The maximum Gasteiger partial charge on any atom is 0.312 e. The smallest absolute Gasteiger partial charge is 0.312 e. The van der Waals surface area contributed by atoms with Gasteiger partial charge in [-0.1, -0.05) is 26.0 Å². The maximum absolute atomic E-state index is 14.6. The predicted molar refractivity (Wildman–Crippen MR) is 154 cm³/mol. The number of rotatable bonds is 15. The molecule has 10 nitrogen and oxygen atoms in total. The molecular weight excluding hydrogens is 526 g/mol. The number of carbonyl (C=O) groups is 3. The molecule has 4 saturated heterocycles. The van der Waals surface area contributed by atoms with Crippen LogP contribution in [0.4, 0.5) is 0 Å². The van der Waals surface area contributed by atoms with E-state index in [9.17, 15) is 19.5 Å². The van der Waals surface area contributed by atoms with Gasteiger partial charge < -0.3 is 29.1 Å². The highest BCUT2D eigenvalue weighted by molar-refractivity contribution is 5.98. The molecule has 0 aliphatic carbocycles. The second-order valence-corrected chi connectivity index (χ2v) is 12.6. The van der Waals surface area contributed by atoms with E-state index in [0.717, 1.165) is 19.5 Å². The van der Waals surface area contributed by atoms with Crippen molar-refractivity contribution in [2.45, 2.75) is 76.2 Å². The average Bonchev–Trinajstić information content (AvgIpc) is 3.52. The van der Waals surface area contributed by atoms with Crippen LogP contribution < -0.4 is 0 Å². The third-order valence-electron chi connectivity index (χ3n) is 9.30. The number of nitrogens with zero attached hydrogens (tertiary/aromatic N) is 3. The fraction of sp³-hybridized carbons (Fsp3) is 0.774. The number of fused-ring (bicyclic) bond motifs is 1. The Kier molecular flexibility index (Phi) is 10.3. The van der Waals surface area contributed by atoms with Crippen molar-refractivity contribution in [1.29, 1.82) is 0 Å². The molecule has 4 aliphatic rings. The summed E-state index contributed by atoms with van der Waals surface area (Å²) in [7, 11) is 0. The number of carbonyl (C=O) groups excluding carboxylic acids is 3. The third kappa shape index (κ3) is 6.12. The molecule has 4 fully saturated rings. The molecule has 2 amide bonds. The van der Waals surface area contributed by atoms with E-state index in [1.54, 1.807) is 22.0 Å². The lowest BCUT2D eigenvalue weighted by Crippen LogP contribution is -2.59. The minimum absolute atomic E-state index is 0.180. The van der Waals surface area contributed by atoms with Gasteiger partial charge in [0.2, 0.25) is 11.8 Å². The summed E-state index contributed by atoms with van der Waals surface area (Å²) in [5.74, 6) is -2.45. The monoisotopic (exact) mass is 575 g/mol. The lowest BCUT2D eigenvalue weighted by molar-refractivity contribution is -0.162. The van der Waals surface area contributed by atoms with Crippen LogP contribution in [-0.4, -0.2) is 120 Å². The molecular formula is C31H49N3O7. The van der Waals surface area contributed by atoms with Crippen LogP contribution in [0.15, 0.2) is 25.3 Å². The highest BCUT2D eigenvalue weighted by Gasteiger charge is 2.79. The van der Waals surface area contributed by atoms with E-state index < -0.39 is 41.1 Å². The van der Waals surface area contributed by atoms with Gasteiger partial charge in [-0.25, -0.2) is 0 Å². The Morgan fingerprint density at radius 3 is 2.59 bits per heavy atom. The summed E-state index contributed by atoms with van der Waals surface area (Å²) in [5, 5.41) is 10.5. The van der Waals surface area contributed by atoms with E-state index in [4.69, 9.17) is 14.2 Å². The van der Waals surface area contributed by atoms with Gasteiger partial charge in [0, 0.05) is 32.7 Å². The molecule has 2 unspecified atom stereocenters. The summed E-state index contributed by atoms with van der Waals surface area (Å²) in [4.78, 5) is 48.1. The van der Waals surface area contributed by atoms with Crippen LogP contribution in [-0.2, 0) is 28.6 Å². The fourth-order valence-electron chi connectivity index (χ4n) is 7.41. The summed E-state index contributed by atoms with van der Waals surface area (Å²) >= 11 is 0. The molecule has 6 atom stereocenters. The van der Waals surface area contributed by atoms with Crippen molar-refractivity contribution in [3.8, 4) is 0 Å². The van der Waals surface area contributed by atoms with Crippen LogP contribution >= 0.6 is 0 Å². The molecule has 230 valence electrons. The van der Waals surface area contributed by atoms with E-state index >= 15 is 0 Å². The van der Waals surface area contributed by atoms with Gasteiger partial charge in [0.1, 0.15) is 17.6 Å². The van der Waals surface area contributed by atoms with Crippen molar-refractivity contribution >= 4 is 17.8 Å². The number of hydrogen-bond acceptors (Lipinski definition) is 8. The van der Waals surface area contributed by atoms with Gasteiger partial charge in [0.25, 0.3) is 0 Å². The van der Waals surface area contributed by atoms with Gasteiger partial charge in [0.15, 0.2) is 0 Å². The molecule has 0 aromatic carbocycles. The number of amides is 2. The third-order valence-corrected chi connectivity index (χ3v) is 9.30. The Morgan fingerprint density at radius 1 is 1.22 bits per heavy atom. The van der Waals surface area contributed by atoms with Gasteiger partial charge in [-0.3, -0.25) is 19.3 Å². The first-order valence-corrected chi connectivity index (χ1v) is 15.2. The van der Waals surface area contributed by atoms with Gasteiger partial charge in [0.05, 0.1) is 44.0 Å². The van der Waals surface area contributed by atoms with E-state index in [1.807, 2.05) is 20.8 Å². The molecule has 0 radical (unpaired) electrons. The molecule has 2 bridgehead atoms. The molecule has 1 N–H and O–H groups in total. The molecule has 0 aromatic rings. The number of likely N-dealkylation sites (tertiary alicyclic amines) is 1. The number of aliphatic hydroxyl groups excluding tert-OH is 1. The lowest BCUT2D eigenvalue weighted by atomic mass is 9.66. The van der Waals surface area contributed by atoms with Gasteiger partial charge >= 0.3 is 5.97 Å². The Morgan fingerprint density at radius 2 is 1.95 bits per heavy atom. The second kappa shape index (κ2) is 13.4. The van der Waals surface area contributed by atoms with E-state index in [1.165, 1.54) is 0 Å². The van der Waals surface area contributed by atoms with Crippen molar-refractivity contribution in [2.24, 2.45) is 17.8 Å². The average molecular weight is 576 g/mol. The van der Waals surface area contributed by atoms with E-state index in [-0.39, 0.29) is 30.9 Å². The summed E-state index contributed by atoms with van der Waals surface area (Å²) < 4.78 is 17.9. The second-order valence-electron chi connectivity index (χ2n) is 12.6. The van der Waals surface area contributed by atoms with E-state index in [0.29, 0.717) is 58.5 Å². The highest BCUT2D eigenvalue weighted by atomic mass is 16.6. The fourth-order valence-corrected chi connectivity index (χ4v) is 7.41. The molecule has 1 spiro atoms. The number of morpholine rings is 1. The van der Waals surface area contributed by atoms with Crippen molar-refractivity contribution in [2.75, 3.05) is 59.2 Å². The lowest BCUT2D eigenvalue weighted by Gasteiger charge is -2.40. The molecule has 10 heteroatoms. The number of hydrogen-bond donors (Lipinski definition) is 1. The molecule has 4 aliphatic heterocycles. The number of unbranched alkanes of at least 4 members (excludes halogenated alkanes) is 1. The van der Waals surface area contributed by atoms with Gasteiger partial charge in [-0.2, -0.15) is 0 Å². The molecule has 0 saturated carbocycles. The number of aliphatic hydroxyl groups is 1. The van der Waals surface area contributed by atoms with Crippen molar-refractivity contribution in [3.05, 3.63) is 25.3 Å². The quantitative estimate of drug-likeness (QED) is 0.180. The zero-order valence-electron chi connectivity index (χ0n) is 25.1. The summed E-state index contributed by atoms with van der Waals surface area (Å²) in [6, 6.07) is -1.51. The zero-order valence-corrected chi connectivity index (χ0v) is 25.1. The summed E-state index contributed by atoms with van der Waals surface area (Å²) in [6.45, 7) is 17.9. The number of ether oxygens (including phenoxy) is 3. The minimum Gasteiger partial charge on any atom is -0.465 e. The molecule has 0 aromatic heterocycles. The molecule has 4 heterocycles. The van der Waals surface area contributed by atoms with Gasteiger partial charge in [-0.05, 0) is 44.9 Å². The van der Waals surface area contributed by atoms with Crippen LogP contribution in [0.25, 0.3) is 0 Å².